The van der Waals surface area contributed by atoms with E-state index in [1.807, 2.05) is 12.1 Å². The molecule has 11 nitrogen and oxygen atoms in total. The fraction of sp³-hybridized carbons (Fsp3) is 0.0206. The van der Waals surface area contributed by atoms with Gasteiger partial charge in [0.25, 0.3) is 5.49 Å². The number of rotatable bonds is 0. The largest absolute Gasteiger partial charge is 0.456 e. The Morgan fingerprint density at radius 2 is 0.670 bits per heavy atom. The van der Waals surface area contributed by atoms with Gasteiger partial charge >= 0.3 is 0 Å². The molecule has 3 aliphatic heterocycles. The van der Waals surface area contributed by atoms with Gasteiger partial charge in [-0.25, -0.2) is 23.2 Å². The summed E-state index contributed by atoms with van der Waals surface area (Å²) in [4.78, 5) is 2.31. The van der Waals surface area contributed by atoms with Gasteiger partial charge in [0.05, 0.1) is 46.3 Å². The van der Waals surface area contributed by atoms with Crippen molar-refractivity contribution in [3.05, 3.63) is 321 Å². The van der Waals surface area contributed by atoms with Crippen LogP contribution < -0.4 is 37.3 Å². The van der Waals surface area contributed by atoms with E-state index in [2.05, 4.69) is 340 Å². The van der Waals surface area contributed by atoms with E-state index in [1.165, 1.54) is 202 Å². The number of pyridine rings is 4. The van der Waals surface area contributed by atoms with Gasteiger partial charge in [0, 0.05) is 144 Å². The molecule has 12 heteroatoms. The van der Waals surface area contributed by atoms with Gasteiger partial charge in [-0.1, -0.05) is 224 Å². The van der Waals surface area contributed by atoms with Crippen molar-refractivity contribution in [3.63, 3.8) is 0 Å². The smallest absolute Gasteiger partial charge is 0.286 e. The SMILES string of the molecule is CN1c2ccccc2-c2c3ccccc3c3c4c(ccc1c24)Oc1ccccc1-3.Cn1ccccc1=[n+]1c2ccccc2c2c3ccccc3c3c4c(ccc1c42)Oc1ccccc1-3.[O-][Cl+3]([O-])([O-])[O-].c1ccc2c(c1)c1c3cccc4c5ccccc5n(c5ccc6c(c2c2cccc7c8ccccc8n6c72)c15)c43. The Hall–Kier alpha value is -13.6. The summed E-state index contributed by atoms with van der Waals surface area (Å²) in [6.45, 7) is 0. The Labute approximate surface area is 622 Å². The van der Waals surface area contributed by atoms with Crippen molar-refractivity contribution in [2.75, 3.05) is 11.9 Å². The van der Waals surface area contributed by atoms with Crippen LogP contribution >= 0.6 is 0 Å². The number of halogens is 1. The first-order valence-electron chi connectivity index (χ1n) is 36.5. The number of benzene rings is 17. The number of aryl methyl sites for hydroxylation is 1. The van der Waals surface area contributed by atoms with E-state index in [-0.39, 0.29) is 0 Å². The van der Waals surface area contributed by atoms with Crippen LogP contribution in [0.3, 0.4) is 0 Å². The normalized spacial score (nSPS) is 13.1. The summed E-state index contributed by atoms with van der Waals surface area (Å²) in [5.74, 6) is 3.70. The van der Waals surface area contributed by atoms with Crippen LogP contribution in [0.2, 0.25) is 0 Å². The first kappa shape index (κ1) is 61.7. The van der Waals surface area contributed by atoms with Crippen molar-refractivity contribution in [1.82, 2.24) is 13.4 Å². The zero-order valence-corrected chi connectivity index (χ0v) is 59.3. The van der Waals surface area contributed by atoms with Crippen molar-refractivity contribution in [3.8, 4) is 56.4 Å². The number of para-hydroxylation sites is 8. The van der Waals surface area contributed by atoms with E-state index in [0.29, 0.717) is 0 Å². The zero-order valence-electron chi connectivity index (χ0n) is 58.6. The van der Waals surface area contributed by atoms with Crippen molar-refractivity contribution in [2.45, 2.75) is 0 Å². The minimum Gasteiger partial charge on any atom is -0.456 e. The molecule has 0 unspecified atom stereocenters. The molecular formula is C97H58ClN5O6. The van der Waals surface area contributed by atoms with Gasteiger partial charge in [-0.05, 0) is 111 Å². The lowest BCUT2D eigenvalue weighted by atomic mass is 9.81. The Balaban J connectivity index is 0.0000000965. The molecular weight excluding hydrogens is 1370 g/mol. The maximum Gasteiger partial charge on any atom is 0.286 e. The van der Waals surface area contributed by atoms with Crippen molar-refractivity contribution in [1.29, 1.82) is 0 Å². The summed E-state index contributed by atoms with van der Waals surface area (Å²) in [7, 11) is -0.682. The fourth-order valence-electron chi connectivity index (χ4n) is 19.3. The Kier molecular flexibility index (Phi) is 12.8. The number of aromatic nitrogens is 4. The quantitative estimate of drug-likeness (QED) is 0.0838. The molecule has 9 heterocycles. The van der Waals surface area contributed by atoms with E-state index in [1.54, 1.807) is 0 Å². The molecule has 6 aromatic heterocycles. The number of anilines is 2. The number of fused-ring (bicyclic) bond motifs is 27. The van der Waals surface area contributed by atoms with E-state index >= 15 is 0 Å². The highest BCUT2D eigenvalue weighted by atomic mass is 35.7. The minimum absolute atomic E-state index is 0.913. The average molecular weight is 1430 g/mol. The monoisotopic (exact) mass is 1420 g/mol. The molecule has 0 bridgehead atoms. The van der Waals surface area contributed by atoms with Crippen LogP contribution in [0.25, 0.3) is 196 Å². The number of hydrogen-bond donors (Lipinski definition) is 0. The number of hydrogen-bond acceptors (Lipinski definition) is 7. The molecule has 0 radical (unpaired) electrons. The molecule has 0 N–H and O–H groups in total. The van der Waals surface area contributed by atoms with Crippen molar-refractivity contribution < 1.29 is 42.6 Å². The van der Waals surface area contributed by atoms with Gasteiger partial charge in [0.2, 0.25) is 0 Å². The summed E-state index contributed by atoms with van der Waals surface area (Å²) in [5, 5.41) is 28.6. The molecule has 0 aliphatic carbocycles. The highest BCUT2D eigenvalue weighted by molar-refractivity contribution is 6.44. The summed E-state index contributed by atoms with van der Waals surface area (Å²) in [5.41, 5.74) is 21.1. The van der Waals surface area contributed by atoms with Crippen LogP contribution in [0.4, 0.5) is 11.4 Å². The fourth-order valence-corrected chi connectivity index (χ4v) is 19.3. The Bertz CT molecular complexity index is 7850. The predicted octanol–water partition coefficient (Wildman–Crippen LogP) is 20.5. The first-order valence-corrected chi connectivity index (χ1v) is 37.7. The first-order chi connectivity index (χ1) is 53.5. The summed E-state index contributed by atoms with van der Waals surface area (Å²) in [6.07, 6.45) is 2.10. The maximum absolute atomic E-state index is 8.49. The maximum atomic E-state index is 8.49. The van der Waals surface area contributed by atoms with E-state index in [4.69, 9.17) is 28.1 Å². The minimum atomic E-state index is -4.94. The second-order valence-corrected chi connectivity index (χ2v) is 29.4. The third-order valence-electron chi connectivity index (χ3n) is 23.3. The van der Waals surface area contributed by atoms with Gasteiger partial charge in [-0.3, -0.25) is 0 Å². The second kappa shape index (κ2) is 22.7. The molecule has 0 atom stereocenters. The topological polar surface area (TPSA) is 134 Å². The van der Waals surface area contributed by atoms with E-state index in [9.17, 15) is 0 Å². The molecule has 0 amide bonds. The molecule has 514 valence electrons. The van der Waals surface area contributed by atoms with Gasteiger partial charge in [0.15, 0.2) is 0 Å². The second-order valence-electron chi connectivity index (χ2n) is 28.7. The predicted molar refractivity (Wildman–Crippen MR) is 433 cm³/mol. The number of nitrogens with zero attached hydrogens (tertiary/aromatic N) is 5. The van der Waals surface area contributed by atoms with Gasteiger partial charge < -0.3 is 23.2 Å². The molecule has 109 heavy (non-hydrogen) atoms. The van der Waals surface area contributed by atoms with Crippen LogP contribution in [-0.2, 0) is 7.05 Å². The van der Waals surface area contributed by atoms with Gasteiger partial charge in [-0.2, -0.15) is 4.24 Å². The lowest BCUT2D eigenvalue weighted by molar-refractivity contribution is -2.00. The molecule has 0 saturated heterocycles. The van der Waals surface area contributed by atoms with Crippen molar-refractivity contribution >= 4 is 174 Å². The number of ether oxygens (including phenoxy) is 2. The standard InChI is InChI=1S/C38H20N2.C32H21N2O.C27H17NO.ClHO4/c1-2-12-24-23(11-1)33-27-15-7-13-25-21-9-3-5-17-29(21)39(37(25)27)31-19-20-32-36(35(31)33)34(24)28-16-8-14-26-22-10-4-6-18-30(22)40(32)38(26)28;1-33-19-9-8-16-28(33)34-24-14-6-4-12-22(24)29-20-10-2-3-11-21(20)30-23-13-5-7-15-26(23)35-27-18-17-25(34)31(29)32(27)30;1-28-20-12-6-4-10-18(20)24-16-8-2-3-9-17(16)25-19-11-5-7-13-22(19)29-23-15-14-21(28)26(24)27(23)25;2-1(3,4)5/h1-20H;2-19H,1H3;2-15H,1H3;(H,2,3,4,5)/q;+1;;/p-1. The molecule has 0 spiro atoms. The molecule has 26 rings (SSSR count). The third-order valence-corrected chi connectivity index (χ3v) is 23.3. The highest BCUT2D eigenvalue weighted by Crippen LogP contribution is 2.60. The van der Waals surface area contributed by atoms with Crippen LogP contribution in [0, 0.1) is 15.7 Å². The van der Waals surface area contributed by atoms with Crippen LogP contribution in [0.5, 0.6) is 23.0 Å². The third kappa shape index (κ3) is 8.52. The van der Waals surface area contributed by atoms with Gasteiger partial charge in [-0.15, -0.1) is 10.2 Å². The van der Waals surface area contributed by atoms with Crippen LogP contribution in [-0.4, -0.2) is 20.4 Å². The van der Waals surface area contributed by atoms with Crippen molar-refractivity contribution in [2.24, 2.45) is 7.05 Å². The van der Waals surface area contributed by atoms with Crippen LogP contribution in [0.15, 0.2) is 316 Å². The highest BCUT2D eigenvalue weighted by Gasteiger charge is 2.33. The summed E-state index contributed by atoms with van der Waals surface area (Å²) in [6, 6.07) is 112. The van der Waals surface area contributed by atoms with Crippen LogP contribution in [0.1, 0.15) is 0 Å². The van der Waals surface area contributed by atoms with E-state index < -0.39 is 10.2 Å². The summed E-state index contributed by atoms with van der Waals surface area (Å²) >= 11 is 0. The van der Waals surface area contributed by atoms with Gasteiger partial charge in [0.1, 0.15) is 34.0 Å². The zero-order chi connectivity index (χ0) is 72.4. The Morgan fingerprint density at radius 3 is 1.23 bits per heavy atom. The molecule has 17 aromatic carbocycles. The average Bonchev–Trinajstić information content (AvgIpc) is 0.716. The lowest BCUT2D eigenvalue weighted by Gasteiger charge is -2.34. The van der Waals surface area contributed by atoms with E-state index in [0.717, 1.165) is 34.0 Å². The molecule has 3 aliphatic rings. The molecule has 0 fully saturated rings. The summed E-state index contributed by atoms with van der Waals surface area (Å²) < 4.78 is 56.5. The molecule has 23 aromatic rings. The molecule has 0 saturated carbocycles. The Morgan fingerprint density at radius 1 is 0.266 bits per heavy atom. The lowest BCUT2D eigenvalue weighted by Crippen LogP contribution is -2.68.